The molecule has 2 aromatic carbocycles. The number of carbonyl (C=O) groups is 1. The van der Waals surface area contributed by atoms with E-state index in [4.69, 9.17) is 34.8 Å². The van der Waals surface area contributed by atoms with Crippen LogP contribution in [0.15, 0.2) is 42.5 Å². The summed E-state index contributed by atoms with van der Waals surface area (Å²) in [6.45, 7) is 1.93. The SMILES string of the molecule is O=C(CCS)N1CCN(c2ccc(Cl)cc2Cl)C(c2ccc(Cl)cc2)C1. The fourth-order valence-corrected chi connectivity index (χ4v) is 4.07. The lowest BCUT2D eigenvalue weighted by atomic mass is 10.0. The van der Waals surface area contributed by atoms with Crippen LogP contribution in [-0.2, 0) is 4.79 Å². The maximum absolute atomic E-state index is 12.4. The van der Waals surface area contributed by atoms with Gasteiger partial charge in [0.25, 0.3) is 0 Å². The van der Waals surface area contributed by atoms with Gasteiger partial charge in [-0.05, 0) is 41.6 Å². The van der Waals surface area contributed by atoms with Crippen molar-refractivity contribution in [2.24, 2.45) is 0 Å². The zero-order chi connectivity index (χ0) is 18.7. The lowest BCUT2D eigenvalue weighted by Gasteiger charge is -2.43. The number of halogens is 3. The molecule has 1 aliphatic heterocycles. The summed E-state index contributed by atoms with van der Waals surface area (Å²) in [7, 11) is 0. The molecule has 1 fully saturated rings. The van der Waals surface area contributed by atoms with E-state index in [9.17, 15) is 4.79 Å². The molecule has 0 spiro atoms. The van der Waals surface area contributed by atoms with E-state index in [1.54, 1.807) is 6.07 Å². The summed E-state index contributed by atoms with van der Waals surface area (Å²) in [6, 6.07) is 13.2. The third kappa shape index (κ3) is 4.42. The topological polar surface area (TPSA) is 23.6 Å². The number of benzene rings is 2. The first kappa shape index (κ1) is 19.7. The van der Waals surface area contributed by atoms with Gasteiger partial charge in [-0.15, -0.1) is 0 Å². The second-order valence-electron chi connectivity index (χ2n) is 6.17. The van der Waals surface area contributed by atoms with Crippen molar-refractivity contribution in [3.8, 4) is 0 Å². The largest absolute Gasteiger partial charge is 0.360 e. The highest BCUT2D eigenvalue weighted by Crippen LogP contribution is 2.36. The van der Waals surface area contributed by atoms with Crippen molar-refractivity contribution in [1.82, 2.24) is 4.90 Å². The van der Waals surface area contributed by atoms with E-state index in [0.29, 0.717) is 46.9 Å². The molecule has 2 aromatic rings. The Balaban J connectivity index is 1.94. The number of carbonyl (C=O) groups excluding carboxylic acids is 1. The number of rotatable bonds is 4. The molecule has 1 atom stereocenters. The number of amides is 1. The molecule has 1 unspecified atom stereocenters. The van der Waals surface area contributed by atoms with Gasteiger partial charge in [0, 0.05) is 36.1 Å². The van der Waals surface area contributed by atoms with Crippen LogP contribution < -0.4 is 4.90 Å². The Morgan fingerprint density at radius 3 is 2.38 bits per heavy atom. The van der Waals surface area contributed by atoms with Crippen molar-refractivity contribution in [1.29, 1.82) is 0 Å². The van der Waals surface area contributed by atoms with E-state index < -0.39 is 0 Å². The molecule has 0 aliphatic carbocycles. The average Bonchev–Trinajstić information content (AvgIpc) is 2.62. The third-order valence-corrected chi connectivity index (χ3v) is 5.55. The molecule has 26 heavy (non-hydrogen) atoms. The van der Waals surface area contributed by atoms with E-state index >= 15 is 0 Å². The quantitative estimate of drug-likeness (QED) is 0.662. The van der Waals surface area contributed by atoms with Gasteiger partial charge in [0.2, 0.25) is 5.91 Å². The van der Waals surface area contributed by atoms with Crippen LogP contribution in [0, 0.1) is 0 Å². The van der Waals surface area contributed by atoms with E-state index in [1.165, 1.54) is 0 Å². The Bertz CT molecular complexity index is 785. The standard InChI is InChI=1S/C19H19Cl3N2OS/c20-14-3-1-13(2-4-14)18-12-23(19(25)7-10-26)8-9-24(18)17-6-5-15(21)11-16(17)22/h1-6,11,18,26H,7-10,12H2. The second kappa shape index (κ2) is 8.75. The summed E-state index contributed by atoms with van der Waals surface area (Å²) in [4.78, 5) is 16.5. The van der Waals surface area contributed by atoms with Crippen LogP contribution in [0.1, 0.15) is 18.0 Å². The minimum Gasteiger partial charge on any atom is -0.360 e. The molecule has 138 valence electrons. The summed E-state index contributed by atoms with van der Waals surface area (Å²) < 4.78 is 0. The van der Waals surface area contributed by atoms with Crippen molar-refractivity contribution < 1.29 is 4.79 Å². The van der Waals surface area contributed by atoms with Crippen LogP contribution in [-0.4, -0.2) is 36.2 Å². The molecule has 1 heterocycles. The second-order valence-corrected chi connectivity index (χ2v) is 7.90. The first-order valence-corrected chi connectivity index (χ1v) is 10.1. The van der Waals surface area contributed by atoms with Gasteiger partial charge in [0.1, 0.15) is 0 Å². The minimum absolute atomic E-state index is 0.0106. The summed E-state index contributed by atoms with van der Waals surface area (Å²) in [5, 5.41) is 1.89. The van der Waals surface area contributed by atoms with Gasteiger partial charge in [-0.2, -0.15) is 12.6 Å². The molecule has 0 radical (unpaired) electrons. The van der Waals surface area contributed by atoms with Gasteiger partial charge in [-0.3, -0.25) is 4.79 Å². The van der Waals surface area contributed by atoms with Crippen molar-refractivity contribution in [2.45, 2.75) is 12.5 Å². The van der Waals surface area contributed by atoms with Crippen molar-refractivity contribution in [3.05, 3.63) is 63.1 Å². The Hall–Kier alpha value is -1.07. The van der Waals surface area contributed by atoms with E-state index in [0.717, 1.165) is 11.3 Å². The smallest absolute Gasteiger partial charge is 0.223 e. The van der Waals surface area contributed by atoms with E-state index in [-0.39, 0.29) is 11.9 Å². The fourth-order valence-electron chi connectivity index (χ4n) is 3.24. The molecule has 7 heteroatoms. The summed E-state index contributed by atoms with van der Waals surface area (Å²) in [5.41, 5.74) is 2.00. The van der Waals surface area contributed by atoms with Crippen molar-refractivity contribution in [2.75, 3.05) is 30.3 Å². The van der Waals surface area contributed by atoms with Gasteiger partial charge in [-0.25, -0.2) is 0 Å². The molecule has 3 rings (SSSR count). The highest BCUT2D eigenvalue weighted by atomic mass is 35.5. The number of anilines is 1. The van der Waals surface area contributed by atoms with Gasteiger partial charge in [0.05, 0.1) is 16.8 Å². The molecule has 0 N–H and O–H groups in total. The predicted octanol–water partition coefficient (Wildman–Crippen LogP) is 5.36. The van der Waals surface area contributed by atoms with Crippen LogP contribution >= 0.6 is 47.4 Å². The lowest BCUT2D eigenvalue weighted by molar-refractivity contribution is -0.131. The molecule has 1 aliphatic rings. The first-order chi connectivity index (χ1) is 12.5. The predicted molar refractivity (Wildman–Crippen MR) is 113 cm³/mol. The molecular formula is C19H19Cl3N2OS. The summed E-state index contributed by atoms with van der Waals surface area (Å²) in [5.74, 6) is 0.675. The maximum atomic E-state index is 12.4. The molecular weight excluding hydrogens is 411 g/mol. The minimum atomic E-state index is -0.0106. The van der Waals surface area contributed by atoms with Gasteiger partial charge < -0.3 is 9.80 Å². The number of hydrogen-bond donors (Lipinski definition) is 1. The summed E-state index contributed by atoms with van der Waals surface area (Å²) in [6.07, 6.45) is 0.443. The number of nitrogens with zero attached hydrogens (tertiary/aromatic N) is 2. The normalized spacial score (nSPS) is 17.5. The van der Waals surface area contributed by atoms with Crippen LogP contribution in [0.4, 0.5) is 5.69 Å². The number of thiol groups is 1. The highest BCUT2D eigenvalue weighted by Gasteiger charge is 2.31. The third-order valence-electron chi connectivity index (χ3n) is 4.53. The Labute approximate surface area is 174 Å². The average molecular weight is 430 g/mol. The number of piperazine rings is 1. The van der Waals surface area contributed by atoms with Crippen molar-refractivity contribution in [3.63, 3.8) is 0 Å². The molecule has 1 amide bonds. The monoisotopic (exact) mass is 428 g/mol. The Morgan fingerprint density at radius 1 is 1.04 bits per heavy atom. The molecule has 0 aromatic heterocycles. The first-order valence-electron chi connectivity index (χ1n) is 8.35. The Morgan fingerprint density at radius 2 is 1.73 bits per heavy atom. The van der Waals surface area contributed by atoms with Crippen LogP contribution in [0.2, 0.25) is 15.1 Å². The van der Waals surface area contributed by atoms with Gasteiger partial charge in [-0.1, -0.05) is 46.9 Å². The van der Waals surface area contributed by atoms with Gasteiger partial charge in [0.15, 0.2) is 0 Å². The van der Waals surface area contributed by atoms with Crippen LogP contribution in [0.3, 0.4) is 0 Å². The zero-order valence-electron chi connectivity index (χ0n) is 14.0. The summed E-state index contributed by atoms with van der Waals surface area (Å²) >= 11 is 22.7. The fraction of sp³-hybridized carbons (Fsp3) is 0.316. The molecule has 0 saturated carbocycles. The van der Waals surface area contributed by atoms with Crippen LogP contribution in [0.25, 0.3) is 0 Å². The molecule has 1 saturated heterocycles. The highest BCUT2D eigenvalue weighted by molar-refractivity contribution is 7.80. The zero-order valence-corrected chi connectivity index (χ0v) is 17.2. The Kier molecular flexibility index (Phi) is 6.62. The van der Waals surface area contributed by atoms with Crippen molar-refractivity contribution >= 4 is 59.0 Å². The lowest BCUT2D eigenvalue weighted by Crippen LogP contribution is -2.50. The molecule has 3 nitrogen and oxygen atoms in total. The number of hydrogen-bond acceptors (Lipinski definition) is 3. The van der Waals surface area contributed by atoms with Crippen LogP contribution in [0.5, 0.6) is 0 Å². The van der Waals surface area contributed by atoms with E-state index in [2.05, 4.69) is 17.5 Å². The maximum Gasteiger partial charge on any atom is 0.223 e. The van der Waals surface area contributed by atoms with E-state index in [1.807, 2.05) is 41.3 Å². The molecule has 0 bridgehead atoms. The van der Waals surface area contributed by atoms with Gasteiger partial charge >= 0.3 is 0 Å².